The largest absolute Gasteiger partial charge is 0.494 e. The fourth-order valence-electron chi connectivity index (χ4n) is 3.03. The van der Waals surface area contributed by atoms with E-state index in [0.29, 0.717) is 31.6 Å². The van der Waals surface area contributed by atoms with Crippen molar-refractivity contribution in [1.82, 2.24) is 10.6 Å². The number of hydrogen-bond donors (Lipinski definition) is 2. The quantitative estimate of drug-likeness (QED) is 0.498. The number of carbonyl (C=O) groups is 2. The monoisotopic (exact) mass is 425 g/mol. The van der Waals surface area contributed by atoms with Crippen molar-refractivity contribution in [3.05, 3.63) is 29.8 Å². The van der Waals surface area contributed by atoms with E-state index in [-0.39, 0.29) is 6.04 Å². The lowest BCUT2D eigenvalue weighted by Gasteiger charge is -2.19. The molecule has 9 heteroatoms. The van der Waals surface area contributed by atoms with Gasteiger partial charge in [0.1, 0.15) is 5.75 Å². The molecule has 2 unspecified atom stereocenters. The third-order valence-electron chi connectivity index (χ3n) is 4.54. The van der Waals surface area contributed by atoms with E-state index in [1.54, 1.807) is 24.3 Å². The summed E-state index contributed by atoms with van der Waals surface area (Å²) in [5.74, 6) is -0.355. The fraction of sp³-hybridized carbons (Fsp3) is 0.600. The van der Waals surface area contributed by atoms with Gasteiger partial charge in [-0.1, -0.05) is 38.3 Å². The minimum atomic E-state index is -2.49. The van der Waals surface area contributed by atoms with Crippen LogP contribution in [0.2, 0.25) is 0 Å². The van der Waals surface area contributed by atoms with E-state index < -0.39 is 28.4 Å². The van der Waals surface area contributed by atoms with Gasteiger partial charge in [-0.25, -0.2) is 4.79 Å². The van der Waals surface area contributed by atoms with Crippen molar-refractivity contribution >= 4 is 22.4 Å². The first-order chi connectivity index (χ1) is 13.9. The van der Waals surface area contributed by atoms with Crippen LogP contribution >= 0.6 is 0 Å². The molecule has 1 aromatic rings. The van der Waals surface area contributed by atoms with Crippen LogP contribution in [0.1, 0.15) is 63.9 Å². The van der Waals surface area contributed by atoms with Crippen LogP contribution in [-0.4, -0.2) is 40.1 Å². The van der Waals surface area contributed by atoms with Crippen LogP contribution in [-0.2, 0) is 15.3 Å². The zero-order chi connectivity index (χ0) is 21.6. The molecule has 2 N–H and O–H groups in total. The second-order valence-corrected chi connectivity index (χ2v) is 7.32. The molecular formula is C20H31N3O5S. The second-order valence-electron chi connectivity index (χ2n) is 6.67. The smallest absolute Gasteiger partial charge is 0.321 e. The Kier molecular flexibility index (Phi) is 11.6. The maximum absolute atomic E-state index is 12.7. The van der Waals surface area contributed by atoms with Crippen LogP contribution in [0.3, 0.4) is 0 Å². The van der Waals surface area contributed by atoms with Crippen molar-refractivity contribution in [3.8, 4) is 5.75 Å². The van der Waals surface area contributed by atoms with E-state index in [9.17, 15) is 18.0 Å². The van der Waals surface area contributed by atoms with Gasteiger partial charge >= 0.3 is 16.5 Å². The number of hydrogen-bond acceptors (Lipinski definition) is 6. The van der Waals surface area contributed by atoms with Gasteiger partial charge in [0, 0.05) is 7.05 Å². The maximum atomic E-state index is 12.7. The third kappa shape index (κ3) is 9.56. The Morgan fingerprint density at radius 3 is 2.31 bits per heavy atom. The summed E-state index contributed by atoms with van der Waals surface area (Å²) in [6.07, 6.45) is 4.34. The number of imide groups is 1. The first-order valence-electron chi connectivity index (χ1n) is 9.96. The molecule has 1 aromatic carbocycles. The van der Waals surface area contributed by atoms with Gasteiger partial charge in [-0.2, -0.15) is 12.8 Å². The van der Waals surface area contributed by atoms with Crippen molar-refractivity contribution < 1.29 is 22.7 Å². The van der Waals surface area contributed by atoms with Gasteiger partial charge in [-0.05, 0) is 43.9 Å². The second kappa shape index (κ2) is 13.7. The number of benzene rings is 1. The van der Waals surface area contributed by atoms with Crippen molar-refractivity contribution in [1.29, 1.82) is 0 Å². The first kappa shape index (κ1) is 24.6. The summed E-state index contributed by atoms with van der Waals surface area (Å²) in [5, 5.41) is 4.67. The Morgan fingerprint density at radius 1 is 1.07 bits per heavy atom. The molecule has 0 aromatic heterocycles. The number of carbonyl (C=O) groups excluding carboxylic acids is 2. The number of urea groups is 1. The molecule has 0 aliphatic rings. The molecule has 2 atom stereocenters. The highest BCUT2D eigenvalue weighted by atomic mass is 32.2. The SMILES string of the molecule is CCCCCC(CCC(C(=O)NC(=O)NC)c1ccc(OCC)cc1)N=S(=O)=O. The van der Waals surface area contributed by atoms with E-state index in [1.807, 2.05) is 6.92 Å². The molecule has 0 saturated carbocycles. The summed E-state index contributed by atoms with van der Waals surface area (Å²) in [7, 11) is -1.06. The minimum absolute atomic E-state index is 0.369. The molecule has 0 fully saturated rings. The van der Waals surface area contributed by atoms with E-state index in [1.165, 1.54) is 7.05 Å². The average molecular weight is 426 g/mol. The molecule has 8 nitrogen and oxygen atoms in total. The summed E-state index contributed by atoms with van der Waals surface area (Å²) in [5.41, 5.74) is 0.727. The van der Waals surface area contributed by atoms with Crippen molar-refractivity contribution in [2.24, 2.45) is 4.36 Å². The topological polar surface area (TPSA) is 114 Å². The van der Waals surface area contributed by atoms with E-state index in [4.69, 9.17) is 4.74 Å². The number of nitrogens with zero attached hydrogens (tertiary/aromatic N) is 1. The third-order valence-corrected chi connectivity index (χ3v) is 5.01. The number of unbranched alkanes of at least 4 members (excludes halogenated alkanes) is 2. The van der Waals surface area contributed by atoms with Gasteiger partial charge < -0.3 is 10.1 Å². The van der Waals surface area contributed by atoms with E-state index in [0.717, 1.165) is 24.8 Å². The number of ether oxygens (including phenoxy) is 1. The van der Waals surface area contributed by atoms with Crippen LogP contribution in [0.4, 0.5) is 4.79 Å². The Hall–Kier alpha value is -2.42. The highest BCUT2D eigenvalue weighted by Crippen LogP contribution is 2.26. The van der Waals surface area contributed by atoms with Crippen molar-refractivity contribution in [2.45, 2.75) is 64.3 Å². The number of rotatable bonds is 12. The standard InChI is InChI=1S/C20H31N3O5S/c1-4-6-7-8-16(23-29(26)27)11-14-18(19(24)22-20(25)21-3)15-9-12-17(13-10-15)28-5-2/h9-10,12-13,16,18H,4-8,11,14H2,1-3H3,(H2,21,22,24,25). The Bertz CT molecular complexity index is 770. The van der Waals surface area contributed by atoms with Crippen LogP contribution in [0.5, 0.6) is 5.75 Å². The molecule has 1 rings (SSSR count). The van der Waals surface area contributed by atoms with Crippen LogP contribution in [0.15, 0.2) is 28.6 Å². The molecular weight excluding hydrogens is 394 g/mol. The highest BCUT2D eigenvalue weighted by molar-refractivity contribution is 7.61. The minimum Gasteiger partial charge on any atom is -0.494 e. The lowest BCUT2D eigenvalue weighted by atomic mass is 9.90. The predicted molar refractivity (Wildman–Crippen MR) is 111 cm³/mol. The van der Waals surface area contributed by atoms with Gasteiger partial charge in [-0.3, -0.25) is 10.1 Å². The molecule has 0 heterocycles. The molecule has 0 aliphatic heterocycles. The molecule has 3 amide bonds. The lowest BCUT2D eigenvalue weighted by molar-refractivity contribution is -0.121. The molecule has 0 spiro atoms. The molecule has 162 valence electrons. The van der Waals surface area contributed by atoms with Crippen LogP contribution < -0.4 is 15.4 Å². The molecule has 29 heavy (non-hydrogen) atoms. The zero-order valence-electron chi connectivity index (χ0n) is 17.3. The first-order valence-corrected chi connectivity index (χ1v) is 11.0. The molecule has 0 radical (unpaired) electrons. The lowest BCUT2D eigenvalue weighted by Crippen LogP contribution is -2.40. The Labute approximate surface area is 174 Å². The number of amides is 3. The Morgan fingerprint density at radius 2 is 1.76 bits per heavy atom. The molecule has 0 bridgehead atoms. The van der Waals surface area contributed by atoms with E-state index in [2.05, 4.69) is 21.9 Å². The summed E-state index contributed by atoms with van der Waals surface area (Å²) in [6, 6.07) is 6.15. The highest BCUT2D eigenvalue weighted by Gasteiger charge is 2.24. The Balaban J connectivity index is 2.98. The van der Waals surface area contributed by atoms with Gasteiger partial charge in [-0.15, -0.1) is 0 Å². The molecule has 0 aliphatic carbocycles. The number of nitrogens with one attached hydrogen (secondary N) is 2. The van der Waals surface area contributed by atoms with Gasteiger partial charge in [0.15, 0.2) is 0 Å². The van der Waals surface area contributed by atoms with Crippen LogP contribution in [0, 0.1) is 0 Å². The van der Waals surface area contributed by atoms with Crippen molar-refractivity contribution in [3.63, 3.8) is 0 Å². The van der Waals surface area contributed by atoms with Crippen molar-refractivity contribution in [2.75, 3.05) is 13.7 Å². The fourth-order valence-corrected chi connectivity index (χ4v) is 3.49. The summed E-state index contributed by atoms with van der Waals surface area (Å²) in [6.45, 7) is 4.49. The summed E-state index contributed by atoms with van der Waals surface area (Å²) >= 11 is 0. The normalized spacial score (nSPS) is 12.5. The summed E-state index contributed by atoms with van der Waals surface area (Å²) in [4.78, 5) is 24.3. The average Bonchev–Trinajstić information content (AvgIpc) is 2.69. The van der Waals surface area contributed by atoms with Gasteiger partial charge in [0.05, 0.1) is 18.6 Å². The molecule has 0 saturated heterocycles. The predicted octanol–water partition coefficient (Wildman–Crippen LogP) is 3.42. The van der Waals surface area contributed by atoms with Crippen LogP contribution in [0.25, 0.3) is 0 Å². The zero-order valence-corrected chi connectivity index (χ0v) is 18.1. The van der Waals surface area contributed by atoms with E-state index >= 15 is 0 Å². The maximum Gasteiger partial charge on any atom is 0.321 e. The van der Waals surface area contributed by atoms with Gasteiger partial charge in [0.2, 0.25) is 5.91 Å². The summed E-state index contributed by atoms with van der Waals surface area (Å²) < 4.78 is 31.3. The van der Waals surface area contributed by atoms with Gasteiger partial charge in [0.25, 0.3) is 0 Å².